The first kappa shape index (κ1) is 16.3. The van der Waals surface area contributed by atoms with Crippen LogP contribution < -0.4 is 5.73 Å². The number of rotatable bonds is 3. The molecule has 1 saturated heterocycles. The molecule has 0 bridgehead atoms. The van der Waals surface area contributed by atoms with Crippen LogP contribution in [-0.4, -0.2) is 38.4 Å². The maximum atomic E-state index is 13.3. The molecule has 132 valence electrons. The first-order valence-corrected chi connectivity index (χ1v) is 8.36. The summed E-state index contributed by atoms with van der Waals surface area (Å²) in [5.74, 6) is 0.0121. The molecule has 1 amide bonds. The summed E-state index contributed by atoms with van der Waals surface area (Å²) in [4.78, 5) is 22.2. The van der Waals surface area contributed by atoms with Gasteiger partial charge in [0, 0.05) is 24.8 Å². The lowest BCUT2D eigenvalue weighted by Crippen LogP contribution is -2.27. The molecule has 1 aliphatic rings. The van der Waals surface area contributed by atoms with Gasteiger partial charge >= 0.3 is 0 Å². The van der Waals surface area contributed by atoms with Crippen molar-refractivity contribution in [2.45, 2.75) is 12.5 Å². The standard InChI is InChI=1S/C19H18FN5O/c1-2-16(26)24-8-7-14(9-24)25-10-15(12-3-5-13(20)6-4-12)17-18(21)22-11-23-19(17)25/h2-6,10-11,14H,1,7-9H2,(H2,21,22,23)/t14-/m1/s1. The largest absolute Gasteiger partial charge is 0.383 e. The average molecular weight is 351 g/mol. The van der Waals surface area contributed by atoms with E-state index in [0.29, 0.717) is 18.9 Å². The quantitative estimate of drug-likeness (QED) is 0.736. The van der Waals surface area contributed by atoms with Crippen molar-refractivity contribution in [2.24, 2.45) is 0 Å². The molecule has 7 heteroatoms. The van der Waals surface area contributed by atoms with E-state index in [1.807, 2.05) is 10.8 Å². The number of aromatic nitrogens is 3. The highest BCUT2D eigenvalue weighted by molar-refractivity contribution is 6.00. The molecule has 3 heterocycles. The number of nitrogens with zero attached hydrogens (tertiary/aromatic N) is 4. The SMILES string of the molecule is C=CC(=O)N1CC[C@@H](n2cc(-c3ccc(F)cc3)c3c(N)ncnc32)C1. The molecule has 4 rings (SSSR count). The summed E-state index contributed by atoms with van der Waals surface area (Å²) in [7, 11) is 0. The summed E-state index contributed by atoms with van der Waals surface area (Å²) in [6.07, 6.45) is 5.55. The Morgan fingerprint density at radius 2 is 2.08 bits per heavy atom. The van der Waals surface area contributed by atoms with Crippen LogP contribution in [0.2, 0.25) is 0 Å². The third kappa shape index (κ3) is 2.61. The summed E-state index contributed by atoms with van der Waals surface area (Å²) in [5, 5.41) is 0.743. The van der Waals surface area contributed by atoms with Crippen molar-refractivity contribution in [2.75, 3.05) is 18.8 Å². The first-order valence-electron chi connectivity index (χ1n) is 8.36. The topological polar surface area (TPSA) is 77.0 Å². The fraction of sp³-hybridized carbons (Fsp3) is 0.211. The Balaban J connectivity index is 1.82. The van der Waals surface area contributed by atoms with Gasteiger partial charge < -0.3 is 15.2 Å². The molecule has 6 nitrogen and oxygen atoms in total. The van der Waals surface area contributed by atoms with Gasteiger partial charge in [-0.1, -0.05) is 18.7 Å². The third-order valence-electron chi connectivity index (χ3n) is 4.84. The van der Waals surface area contributed by atoms with Crippen molar-refractivity contribution >= 4 is 22.8 Å². The molecule has 1 aromatic carbocycles. The molecule has 3 aromatic rings. The number of anilines is 1. The van der Waals surface area contributed by atoms with Crippen LogP contribution in [0.3, 0.4) is 0 Å². The number of halogens is 1. The maximum absolute atomic E-state index is 13.3. The van der Waals surface area contributed by atoms with Gasteiger partial charge in [0.05, 0.1) is 11.4 Å². The van der Waals surface area contributed by atoms with Crippen LogP contribution in [0, 0.1) is 5.82 Å². The molecular formula is C19H18FN5O. The number of carbonyl (C=O) groups excluding carboxylic acids is 1. The van der Waals surface area contributed by atoms with E-state index in [1.165, 1.54) is 24.5 Å². The second-order valence-corrected chi connectivity index (χ2v) is 6.35. The summed E-state index contributed by atoms with van der Waals surface area (Å²) in [6, 6.07) is 6.34. The minimum Gasteiger partial charge on any atom is -0.383 e. The Bertz CT molecular complexity index is 995. The minimum atomic E-state index is -0.295. The monoisotopic (exact) mass is 351 g/mol. The van der Waals surface area contributed by atoms with E-state index in [-0.39, 0.29) is 17.8 Å². The molecular weight excluding hydrogens is 333 g/mol. The summed E-state index contributed by atoms with van der Waals surface area (Å²) in [6.45, 7) is 4.80. The molecule has 0 saturated carbocycles. The summed E-state index contributed by atoms with van der Waals surface area (Å²) >= 11 is 0. The number of benzene rings is 1. The Kier molecular flexibility index (Phi) is 3.91. The zero-order valence-corrected chi connectivity index (χ0v) is 14.1. The van der Waals surface area contributed by atoms with Gasteiger partial charge in [0.2, 0.25) is 5.91 Å². The van der Waals surface area contributed by atoms with Crippen molar-refractivity contribution in [1.29, 1.82) is 0 Å². The van der Waals surface area contributed by atoms with E-state index in [2.05, 4.69) is 16.5 Å². The van der Waals surface area contributed by atoms with Crippen LogP contribution in [-0.2, 0) is 4.79 Å². The molecule has 0 radical (unpaired) electrons. The van der Waals surface area contributed by atoms with E-state index in [9.17, 15) is 9.18 Å². The van der Waals surface area contributed by atoms with E-state index in [1.54, 1.807) is 17.0 Å². The van der Waals surface area contributed by atoms with E-state index >= 15 is 0 Å². The summed E-state index contributed by atoms with van der Waals surface area (Å²) < 4.78 is 15.3. The highest BCUT2D eigenvalue weighted by Crippen LogP contribution is 2.36. The molecule has 2 N–H and O–H groups in total. The highest BCUT2D eigenvalue weighted by atomic mass is 19.1. The van der Waals surface area contributed by atoms with Crippen molar-refractivity contribution in [3.05, 3.63) is 55.3 Å². The van der Waals surface area contributed by atoms with Gasteiger partial charge in [-0.15, -0.1) is 0 Å². The van der Waals surface area contributed by atoms with Gasteiger partial charge in [-0.05, 0) is 30.2 Å². The van der Waals surface area contributed by atoms with Gasteiger partial charge in [-0.3, -0.25) is 4.79 Å². The molecule has 0 aliphatic carbocycles. The fourth-order valence-corrected chi connectivity index (χ4v) is 3.53. The van der Waals surface area contributed by atoms with Crippen molar-refractivity contribution < 1.29 is 9.18 Å². The number of amides is 1. The lowest BCUT2D eigenvalue weighted by Gasteiger charge is -2.15. The molecule has 26 heavy (non-hydrogen) atoms. The molecule has 1 fully saturated rings. The first-order chi connectivity index (χ1) is 12.6. The van der Waals surface area contributed by atoms with Gasteiger partial charge in [-0.25, -0.2) is 14.4 Å². The smallest absolute Gasteiger partial charge is 0.246 e. The molecule has 1 atom stereocenters. The number of nitrogens with two attached hydrogens (primary N) is 1. The van der Waals surface area contributed by atoms with Gasteiger partial charge in [0.25, 0.3) is 0 Å². The number of carbonyl (C=O) groups is 1. The molecule has 0 spiro atoms. The van der Waals surface area contributed by atoms with Gasteiger partial charge in [0.1, 0.15) is 23.6 Å². The Morgan fingerprint density at radius 3 is 2.81 bits per heavy atom. The summed E-state index contributed by atoms with van der Waals surface area (Å²) in [5.41, 5.74) is 8.53. The third-order valence-corrected chi connectivity index (χ3v) is 4.84. The second-order valence-electron chi connectivity index (χ2n) is 6.35. The average Bonchev–Trinajstić information content (AvgIpc) is 3.27. The Hall–Kier alpha value is -3.22. The van der Waals surface area contributed by atoms with E-state index in [0.717, 1.165) is 28.6 Å². The lowest BCUT2D eigenvalue weighted by atomic mass is 10.1. The number of fused-ring (bicyclic) bond motifs is 1. The predicted octanol–water partition coefficient (Wildman–Crippen LogP) is 2.78. The normalized spacial score (nSPS) is 17.0. The second kappa shape index (κ2) is 6.25. The zero-order chi connectivity index (χ0) is 18.3. The van der Waals surface area contributed by atoms with Crippen molar-refractivity contribution in [3.63, 3.8) is 0 Å². The fourth-order valence-electron chi connectivity index (χ4n) is 3.53. The van der Waals surface area contributed by atoms with Gasteiger partial charge in [-0.2, -0.15) is 0 Å². The number of nitrogen functional groups attached to an aromatic ring is 1. The van der Waals surface area contributed by atoms with E-state index in [4.69, 9.17) is 5.73 Å². The Labute approximate surface area is 149 Å². The molecule has 0 unspecified atom stereocenters. The van der Waals surface area contributed by atoms with Crippen LogP contribution in [0.25, 0.3) is 22.2 Å². The lowest BCUT2D eigenvalue weighted by molar-refractivity contribution is -0.125. The zero-order valence-electron chi connectivity index (χ0n) is 14.1. The predicted molar refractivity (Wildman–Crippen MR) is 97.8 cm³/mol. The highest BCUT2D eigenvalue weighted by Gasteiger charge is 2.28. The van der Waals surface area contributed by atoms with Crippen LogP contribution in [0.4, 0.5) is 10.2 Å². The molecule has 2 aromatic heterocycles. The number of likely N-dealkylation sites (tertiary alicyclic amines) is 1. The van der Waals surface area contributed by atoms with Crippen LogP contribution in [0.1, 0.15) is 12.5 Å². The van der Waals surface area contributed by atoms with Gasteiger partial charge in [0.15, 0.2) is 0 Å². The van der Waals surface area contributed by atoms with Crippen molar-refractivity contribution in [1.82, 2.24) is 19.4 Å². The number of hydrogen-bond acceptors (Lipinski definition) is 4. The van der Waals surface area contributed by atoms with Crippen LogP contribution in [0.15, 0.2) is 49.4 Å². The van der Waals surface area contributed by atoms with E-state index < -0.39 is 0 Å². The van der Waals surface area contributed by atoms with Crippen LogP contribution in [0.5, 0.6) is 0 Å². The molecule has 1 aliphatic heterocycles. The van der Waals surface area contributed by atoms with Crippen molar-refractivity contribution in [3.8, 4) is 11.1 Å². The van der Waals surface area contributed by atoms with Crippen LogP contribution >= 0.6 is 0 Å². The number of hydrogen-bond donors (Lipinski definition) is 1. The maximum Gasteiger partial charge on any atom is 0.246 e. The minimum absolute atomic E-state index is 0.0724. The Morgan fingerprint density at radius 1 is 1.31 bits per heavy atom.